The van der Waals surface area contributed by atoms with Crippen LogP contribution in [0.4, 0.5) is 0 Å². The molecule has 2 aliphatic rings. The van der Waals surface area contributed by atoms with E-state index < -0.39 is 10.0 Å². The summed E-state index contributed by atoms with van der Waals surface area (Å²) in [6.45, 7) is 2.19. The highest BCUT2D eigenvalue weighted by Crippen LogP contribution is 2.33. The Labute approximate surface area is 137 Å². The molecule has 0 saturated carbocycles. The molecule has 1 unspecified atom stereocenters. The molecule has 6 nitrogen and oxygen atoms in total. The quantitative estimate of drug-likeness (QED) is 0.890. The predicted octanol–water partition coefficient (Wildman–Crippen LogP) is 1.25. The van der Waals surface area contributed by atoms with Gasteiger partial charge in [0.05, 0.1) is 18.1 Å². The molecule has 1 atom stereocenters. The van der Waals surface area contributed by atoms with Crippen LogP contribution in [0.3, 0.4) is 0 Å². The number of nitrogens with zero attached hydrogens (tertiary/aromatic N) is 1. The third kappa shape index (κ3) is 3.32. The molecule has 3 rings (SSSR count). The van der Waals surface area contributed by atoms with Crippen molar-refractivity contribution in [3.63, 3.8) is 0 Å². The van der Waals surface area contributed by atoms with Crippen LogP contribution in [0.5, 0.6) is 11.5 Å². The van der Waals surface area contributed by atoms with E-state index >= 15 is 0 Å². The Morgan fingerprint density at radius 2 is 1.95 bits per heavy atom. The van der Waals surface area contributed by atoms with Gasteiger partial charge in [0, 0.05) is 31.6 Å². The SMILES string of the molecule is CNC1CCN(S(=O)(=O)c2ccc3c(c2)OCCCO3)C1.Cl. The van der Waals surface area contributed by atoms with Crippen LogP contribution in [0.1, 0.15) is 12.8 Å². The number of nitrogens with one attached hydrogen (secondary N) is 1. The van der Waals surface area contributed by atoms with Crippen LogP contribution in [-0.2, 0) is 10.0 Å². The summed E-state index contributed by atoms with van der Waals surface area (Å²) in [5.74, 6) is 1.12. The van der Waals surface area contributed by atoms with Gasteiger partial charge < -0.3 is 14.8 Å². The van der Waals surface area contributed by atoms with Gasteiger partial charge in [0.25, 0.3) is 0 Å². The second-order valence-corrected chi connectivity index (χ2v) is 7.23. The molecule has 1 fully saturated rings. The summed E-state index contributed by atoms with van der Waals surface area (Å²) in [7, 11) is -1.61. The lowest BCUT2D eigenvalue weighted by molar-refractivity contribution is 0.297. The number of hydrogen-bond donors (Lipinski definition) is 1. The minimum atomic E-state index is -3.47. The van der Waals surface area contributed by atoms with E-state index in [1.807, 2.05) is 7.05 Å². The summed E-state index contributed by atoms with van der Waals surface area (Å²) in [5.41, 5.74) is 0. The third-order valence-corrected chi connectivity index (χ3v) is 5.78. The fraction of sp³-hybridized carbons (Fsp3) is 0.571. The maximum atomic E-state index is 12.7. The van der Waals surface area contributed by atoms with Gasteiger partial charge in [0.1, 0.15) is 0 Å². The van der Waals surface area contributed by atoms with Crippen molar-refractivity contribution < 1.29 is 17.9 Å². The molecule has 0 bridgehead atoms. The van der Waals surface area contributed by atoms with E-state index in [2.05, 4.69) is 5.32 Å². The number of hydrogen-bond acceptors (Lipinski definition) is 5. The maximum Gasteiger partial charge on any atom is 0.243 e. The summed E-state index contributed by atoms with van der Waals surface area (Å²) >= 11 is 0. The lowest BCUT2D eigenvalue weighted by atomic mass is 10.3. The zero-order chi connectivity index (χ0) is 14.9. The first-order chi connectivity index (χ1) is 10.1. The first-order valence-electron chi connectivity index (χ1n) is 7.18. The summed E-state index contributed by atoms with van der Waals surface area (Å²) < 4.78 is 38.0. The molecule has 2 heterocycles. The summed E-state index contributed by atoms with van der Waals surface area (Å²) in [4.78, 5) is 0.267. The van der Waals surface area contributed by atoms with Gasteiger partial charge in [-0.15, -0.1) is 12.4 Å². The number of ether oxygens (including phenoxy) is 2. The minimum Gasteiger partial charge on any atom is -0.490 e. The second kappa shape index (κ2) is 7.04. The average molecular weight is 349 g/mol. The highest BCUT2D eigenvalue weighted by Gasteiger charge is 2.32. The van der Waals surface area contributed by atoms with Crippen molar-refractivity contribution in [2.45, 2.75) is 23.8 Å². The Morgan fingerprint density at radius 3 is 2.64 bits per heavy atom. The predicted molar refractivity (Wildman–Crippen MR) is 85.5 cm³/mol. The first-order valence-corrected chi connectivity index (χ1v) is 8.62. The Balaban J connectivity index is 0.00000176. The second-order valence-electron chi connectivity index (χ2n) is 5.30. The van der Waals surface area contributed by atoms with Gasteiger partial charge in [-0.3, -0.25) is 0 Å². The summed E-state index contributed by atoms with van der Waals surface area (Å²) in [6.07, 6.45) is 1.63. The van der Waals surface area contributed by atoms with Crippen molar-refractivity contribution in [1.29, 1.82) is 0 Å². The summed E-state index contributed by atoms with van der Waals surface area (Å²) in [5, 5.41) is 3.12. The van der Waals surface area contributed by atoms with Crippen LogP contribution in [0, 0.1) is 0 Å². The molecule has 0 aromatic heterocycles. The molecular weight excluding hydrogens is 328 g/mol. The van der Waals surface area contributed by atoms with Crippen LogP contribution in [0.2, 0.25) is 0 Å². The molecule has 1 saturated heterocycles. The number of likely N-dealkylation sites (N-methyl/N-ethyl adjacent to an activating group) is 1. The molecule has 124 valence electrons. The summed E-state index contributed by atoms with van der Waals surface area (Å²) in [6, 6.07) is 5.07. The zero-order valence-corrected chi connectivity index (χ0v) is 14.1. The van der Waals surface area contributed by atoms with Gasteiger partial charge in [0.2, 0.25) is 10.0 Å². The largest absolute Gasteiger partial charge is 0.490 e. The first kappa shape index (κ1) is 17.3. The minimum absolute atomic E-state index is 0. The lowest BCUT2D eigenvalue weighted by Crippen LogP contribution is -2.33. The topological polar surface area (TPSA) is 67.9 Å². The number of halogens is 1. The Bertz CT molecular complexity index is 623. The van der Waals surface area contributed by atoms with Crippen LogP contribution in [0.15, 0.2) is 23.1 Å². The molecule has 0 radical (unpaired) electrons. The number of fused-ring (bicyclic) bond motifs is 1. The molecule has 1 aromatic carbocycles. The van der Waals surface area contributed by atoms with Gasteiger partial charge in [0.15, 0.2) is 11.5 Å². The monoisotopic (exact) mass is 348 g/mol. The van der Waals surface area contributed by atoms with Gasteiger partial charge in [-0.2, -0.15) is 4.31 Å². The number of sulfonamides is 1. The average Bonchev–Trinajstić information content (AvgIpc) is 2.86. The standard InChI is InChI=1S/C14H20N2O4S.ClH/c1-15-11-5-6-16(10-11)21(17,18)12-3-4-13-14(9-12)20-8-2-7-19-13;/h3-4,9,11,15H,2,5-8,10H2,1H3;1H. The Hall–Kier alpha value is -1.02. The van der Waals surface area contributed by atoms with Crippen molar-refractivity contribution in [3.05, 3.63) is 18.2 Å². The fourth-order valence-corrected chi connectivity index (χ4v) is 4.15. The molecule has 0 aliphatic carbocycles. The molecule has 8 heteroatoms. The van der Waals surface area contributed by atoms with Crippen molar-refractivity contribution in [1.82, 2.24) is 9.62 Å². The van der Waals surface area contributed by atoms with E-state index in [-0.39, 0.29) is 23.3 Å². The Morgan fingerprint density at radius 1 is 1.23 bits per heavy atom. The van der Waals surface area contributed by atoms with Gasteiger partial charge in [-0.25, -0.2) is 8.42 Å². The van der Waals surface area contributed by atoms with Crippen LogP contribution in [-0.4, -0.2) is 52.1 Å². The molecule has 1 N–H and O–H groups in total. The lowest BCUT2D eigenvalue weighted by Gasteiger charge is -2.17. The van der Waals surface area contributed by atoms with E-state index in [0.29, 0.717) is 37.8 Å². The van der Waals surface area contributed by atoms with E-state index in [1.165, 1.54) is 4.31 Å². The van der Waals surface area contributed by atoms with Crippen molar-refractivity contribution in [2.24, 2.45) is 0 Å². The van der Waals surface area contributed by atoms with Crippen LogP contribution >= 0.6 is 12.4 Å². The van der Waals surface area contributed by atoms with Gasteiger partial charge in [-0.1, -0.05) is 0 Å². The van der Waals surface area contributed by atoms with Crippen molar-refractivity contribution in [3.8, 4) is 11.5 Å². The highest BCUT2D eigenvalue weighted by atomic mass is 35.5. The third-order valence-electron chi connectivity index (χ3n) is 3.92. The fourth-order valence-electron chi connectivity index (χ4n) is 2.64. The number of rotatable bonds is 3. The van der Waals surface area contributed by atoms with Crippen LogP contribution in [0.25, 0.3) is 0 Å². The number of benzene rings is 1. The van der Waals surface area contributed by atoms with E-state index in [1.54, 1.807) is 18.2 Å². The van der Waals surface area contributed by atoms with Crippen molar-refractivity contribution >= 4 is 22.4 Å². The maximum absolute atomic E-state index is 12.7. The smallest absolute Gasteiger partial charge is 0.243 e. The normalized spacial score (nSPS) is 22.0. The van der Waals surface area contributed by atoms with E-state index in [9.17, 15) is 8.42 Å². The van der Waals surface area contributed by atoms with E-state index in [0.717, 1.165) is 12.8 Å². The molecule has 1 aromatic rings. The van der Waals surface area contributed by atoms with E-state index in [4.69, 9.17) is 9.47 Å². The Kier molecular flexibility index (Phi) is 5.55. The molecule has 0 spiro atoms. The van der Waals surface area contributed by atoms with Gasteiger partial charge >= 0.3 is 0 Å². The molecular formula is C14H21ClN2O4S. The molecule has 0 amide bonds. The highest BCUT2D eigenvalue weighted by molar-refractivity contribution is 7.89. The van der Waals surface area contributed by atoms with Crippen molar-refractivity contribution in [2.75, 3.05) is 33.4 Å². The molecule has 22 heavy (non-hydrogen) atoms. The zero-order valence-electron chi connectivity index (χ0n) is 12.4. The van der Waals surface area contributed by atoms with Gasteiger partial charge in [-0.05, 0) is 25.6 Å². The molecule has 2 aliphatic heterocycles. The van der Waals surface area contributed by atoms with Crippen LogP contribution < -0.4 is 14.8 Å².